The molecule has 3 N–H and O–H groups in total. The number of carboxylic acids is 1. The van der Waals surface area contributed by atoms with Crippen molar-refractivity contribution in [1.82, 2.24) is 0 Å². The fourth-order valence-corrected chi connectivity index (χ4v) is 0.887. The predicted octanol–water partition coefficient (Wildman–Crippen LogP) is -3.94. The van der Waals surface area contributed by atoms with Gasteiger partial charge in [-0.05, 0) is 6.07 Å². The Kier molecular flexibility index (Phi) is 5.02. The van der Waals surface area contributed by atoms with Crippen LogP contribution in [0, 0.1) is 0 Å². The molecular weight excluding hydrogens is 181 g/mol. The van der Waals surface area contributed by atoms with Gasteiger partial charge in [-0.1, -0.05) is 18.2 Å². The third kappa shape index (κ3) is 3.00. The van der Waals surface area contributed by atoms with Crippen LogP contribution in [-0.2, 0) is 4.79 Å². The summed E-state index contributed by atoms with van der Waals surface area (Å²) in [6.07, 6.45) is -1.65. The number of hydrogen-bond donors (Lipinski definition) is 2. The number of anilines is 1. The quantitative estimate of drug-likeness (QED) is 0.367. The summed E-state index contributed by atoms with van der Waals surface area (Å²) >= 11 is 0. The first kappa shape index (κ1) is 12.4. The van der Waals surface area contributed by atoms with Crippen LogP contribution in [0.1, 0.15) is 11.7 Å². The Morgan fingerprint density at radius 1 is 1.46 bits per heavy atom. The largest absolute Gasteiger partial charge is 1.00 e. The first-order valence-electron chi connectivity index (χ1n) is 3.36. The summed E-state index contributed by atoms with van der Waals surface area (Å²) in [7, 11) is 0. The molecule has 0 aromatic heterocycles. The number of aliphatic carboxylic acids is 1. The average molecular weight is 189 g/mol. The molecule has 0 unspecified atom stereocenters. The predicted molar refractivity (Wildman–Crippen MR) is 40.8 cm³/mol. The fourth-order valence-electron chi connectivity index (χ4n) is 0.887. The molecular formula is C8H8NNaO3. The minimum Gasteiger partial charge on any atom is -0.547 e. The summed E-state index contributed by atoms with van der Waals surface area (Å²) in [6, 6.07) is 6.20. The number of benzene rings is 1. The van der Waals surface area contributed by atoms with Gasteiger partial charge in [0.25, 0.3) is 0 Å². The van der Waals surface area contributed by atoms with E-state index >= 15 is 0 Å². The summed E-state index contributed by atoms with van der Waals surface area (Å²) in [4.78, 5) is 10.2. The summed E-state index contributed by atoms with van der Waals surface area (Å²) in [5.74, 6) is -1.55. The summed E-state index contributed by atoms with van der Waals surface area (Å²) < 4.78 is 0. The molecule has 64 valence electrons. The van der Waals surface area contributed by atoms with E-state index in [1.807, 2.05) is 0 Å². The number of carbonyl (C=O) groups is 1. The van der Waals surface area contributed by atoms with Gasteiger partial charge >= 0.3 is 29.6 Å². The molecule has 1 rings (SSSR count). The molecule has 0 aliphatic heterocycles. The molecule has 0 amide bonds. The van der Waals surface area contributed by atoms with Gasteiger partial charge in [-0.3, -0.25) is 0 Å². The van der Waals surface area contributed by atoms with Gasteiger partial charge in [-0.15, -0.1) is 0 Å². The number of rotatable bonds is 2. The van der Waals surface area contributed by atoms with Crippen LogP contribution >= 0.6 is 0 Å². The summed E-state index contributed by atoms with van der Waals surface area (Å²) in [5.41, 5.74) is 5.82. The number of carboxylic acid groups (broad SMARTS) is 1. The van der Waals surface area contributed by atoms with E-state index in [-0.39, 0.29) is 40.8 Å². The zero-order valence-electron chi connectivity index (χ0n) is 7.23. The molecule has 4 nitrogen and oxygen atoms in total. The molecule has 1 aromatic carbocycles. The van der Waals surface area contributed by atoms with Gasteiger partial charge in [-0.25, -0.2) is 0 Å². The zero-order valence-corrected chi connectivity index (χ0v) is 9.23. The van der Waals surface area contributed by atoms with Crippen LogP contribution in [0.15, 0.2) is 24.3 Å². The van der Waals surface area contributed by atoms with Gasteiger partial charge in [0.05, 0.1) is 5.97 Å². The van der Waals surface area contributed by atoms with Crippen molar-refractivity contribution >= 4 is 11.7 Å². The molecule has 0 radical (unpaired) electrons. The Balaban J connectivity index is 0.00000144. The number of aliphatic hydroxyl groups is 1. The maximum absolute atomic E-state index is 10.2. The van der Waals surface area contributed by atoms with Crippen molar-refractivity contribution in [2.45, 2.75) is 6.10 Å². The van der Waals surface area contributed by atoms with E-state index in [0.717, 1.165) is 0 Å². The van der Waals surface area contributed by atoms with Crippen molar-refractivity contribution in [3.63, 3.8) is 0 Å². The number of nitrogens with two attached hydrogens (primary N) is 1. The Labute approximate surface area is 97.7 Å². The number of nitrogen functional groups attached to an aromatic ring is 1. The van der Waals surface area contributed by atoms with Gasteiger partial charge in [-0.2, -0.15) is 0 Å². The van der Waals surface area contributed by atoms with Crippen LogP contribution in [0.2, 0.25) is 0 Å². The third-order valence-electron chi connectivity index (χ3n) is 1.51. The van der Waals surface area contributed by atoms with Gasteiger partial charge in [0.1, 0.15) is 6.10 Å². The molecule has 5 heteroatoms. The molecule has 1 aromatic rings. The minimum atomic E-state index is -1.65. The molecule has 0 aliphatic rings. The smallest absolute Gasteiger partial charge is 0.547 e. The maximum atomic E-state index is 10.2. The second-order valence-corrected chi connectivity index (χ2v) is 2.35. The van der Waals surface area contributed by atoms with E-state index in [0.29, 0.717) is 0 Å². The van der Waals surface area contributed by atoms with Crippen LogP contribution in [0.4, 0.5) is 5.69 Å². The Morgan fingerprint density at radius 3 is 2.46 bits per heavy atom. The third-order valence-corrected chi connectivity index (χ3v) is 1.51. The van der Waals surface area contributed by atoms with Crippen molar-refractivity contribution in [2.75, 3.05) is 5.73 Å². The summed E-state index contributed by atoms with van der Waals surface area (Å²) in [6.45, 7) is 0. The molecule has 0 heterocycles. The van der Waals surface area contributed by atoms with Crippen LogP contribution in [0.25, 0.3) is 0 Å². The number of aliphatic hydroxyl groups excluding tert-OH is 1. The van der Waals surface area contributed by atoms with E-state index in [2.05, 4.69) is 0 Å². The van der Waals surface area contributed by atoms with E-state index in [1.54, 1.807) is 12.1 Å². The Bertz CT molecular complexity index is 303. The van der Waals surface area contributed by atoms with Gasteiger partial charge < -0.3 is 20.7 Å². The monoisotopic (exact) mass is 189 g/mol. The van der Waals surface area contributed by atoms with Crippen molar-refractivity contribution < 1.29 is 44.6 Å². The van der Waals surface area contributed by atoms with Crippen molar-refractivity contribution in [3.8, 4) is 0 Å². The second kappa shape index (κ2) is 5.24. The van der Waals surface area contributed by atoms with Crippen LogP contribution in [-0.4, -0.2) is 11.1 Å². The van der Waals surface area contributed by atoms with Crippen molar-refractivity contribution in [2.24, 2.45) is 0 Å². The van der Waals surface area contributed by atoms with Gasteiger partial charge in [0.15, 0.2) is 0 Å². The van der Waals surface area contributed by atoms with E-state index in [9.17, 15) is 9.90 Å². The van der Waals surface area contributed by atoms with E-state index < -0.39 is 12.1 Å². The molecule has 13 heavy (non-hydrogen) atoms. The zero-order chi connectivity index (χ0) is 9.14. The number of carbonyl (C=O) groups excluding carboxylic acids is 1. The average Bonchev–Trinajstić information content (AvgIpc) is 2.04. The molecule has 0 bridgehead atoms. The topological polar surface area (TPSA) is 86.4 Å². The maximum Gasteiger partial charge on any atom is 1.00 e. The summed E-state index contributed by atoms with van der Waals surface area (Å²) in [5, 5.41) is 19.3. The van der Waals surface area contributed by atoms with Gasteiger partial charge in [0, 0.05) is 11.3 Å². The molecule has 0 aliphatic carbocycles. The normalized spacial score (nSPS) is 11.5. The number of hydrogen-bond acceptors (Lipinski definition) is 4. The minimum absolute atomic E-state index is 0. The van der Waals surface area contributed by atoms with E-state index in [1.165, 1.54) is 12.1 Å². The van der Waals surface area contributed by atoms with Crippen LogP contribution in [0.3, 0.4) is 0 Å². The first-order valence-corrected chi connectivity index (χ1v) is 3.36. The SMILES string of the molecule is Nc1ccccc1[C@H](O)C(=O)[O-].[Na+]. The fraction of sp³-hybridized carbons (Fsp3) is 0.125. The molecule has 1 atom stereocenters. The molecule has 0 saturated carbocycles. The molecule has 0 spiro atoms. The second-order valence-electron chi connectivity index (χ2n) is 2.35. The van der Waals surface area contributed by atoms with Gasteiger partial charge in [0.2, 0.25) is 0 Å². The Morgan fingerprint density at radius 2 is 2.00 bits per heavy atom. The molecule has 0 saturated heterocycles. The standard InChI is InChI=1S/C8H9NO3.Na/c9-6-4-2-1-3-5(6)7(10)8(11)12;/h1-4,7,10H,9H2,(H,11,12);/q;+1/p-1/t7-;/m0./s1. The molecule has 0 fully saturated rings. The van der Waals surface area contributed by atoms with Crippen LogP contribution in [0.5, 0.6) is 0 Å². The van der Waals surface area contributed by atoms with Crippen molar-refractivity contribution in [3.05, 3.63) is 29.8 Å². The van der Waals surface area contributed by atoms with Crippen molar-refractivity contribution in [1.29, 1.82) is 0 Å². The van der Waals surface area contributed by atoms with Crippen LogP contribution < -0.4 is 40.4 Å². The van der Waals surface area contributed by atoms with E-state index in [4.69, 9.17) is 10.8 Å². The Hall–Kier alpha value is -0.550. The number of para-hydroxylation sites is 1. The first-order chi connectivity index (χ1) is 5.63.